The van der Waals surface area contributed by atoms with E-state index in [1.807, 2.05) is 0 Å². The van der Waals surface area contributed by atoms with Crippen molar-refractivity contribution in [3.05, 3.63) is 0 Å². The third-order valence-electron chi connectivity index (χ3n) is 2.48. The number of rotatable bonds is 3. The van der Waals surface area contributed by atoms with E-state index in [1.54, 1.807) is 0 Å². The van der Waals surface area contributed by atoms with Crippen molar-refractivity contribution < 1.29 is 15.0 Å². The minimum Gasteiger partial charge on any atom is -0.394 e. The van der Waals surface area contributed by atoms with E-state index < -0.39 is 6.10 Å². The molecule has 1 aliphatic rings. The van der Waals surface area contributed by atoms with Gasteiger partial charge in [0.15, 0.2) is 0 Å². The lowest BCUT2D eigenvalue weighted by Gasteiger charge is -2.18. The summed E-state index contributed by atoms with van der Waals surface area (Å²) < 4.78 is 0. The molecular weight excluding hydrogens is 144 g/mol. The van der Waals surface area contributed by atoms with E-state index in [9.17, 15) is 9.90 Å². The molecule has 0 spiro atoms. The summed E-state index contributed by atoms with van der Waals surface area (Å²) in [4.78, 5) is 10.4. The van der Waals surface area contributed by atoms with Gasteiger partial charge in [-0.2, -0.15) is 0 Å². The average Bonchev–Trinajstić information content (AvgIpc) is 2.50. The number of carbonyl (C=O) groups is 1. The molecule has 1 unspecified atom stereocenters. The maximum absolute atomic E-state index is 10.4. The van der Waals surface area contributed by atoms with E-state index in [0.29, 0.717) is 0 Å². The van der Waals surface area contributed by atoms with Crippen LogP contribution < -0.4 is 0 Å². The van der Waals surface area contributed by atoms with Crippen LogP contribution in [0.5, 0.6) is 0 Å². The summed E-state index contributed by atoms with van der Waals surface area (Å²) in [7, 11) is 0. The Morgan fingerprint density at radius 3 is 2.82 bits per heavy atom. The minimum atomic E-state index is -0.701. The van der Waals surface area contributed by atoms with E-state index in [4.69, 9.17) is 5.11 Å². The van der Waals surface area contributed by atoms with Gasteiger partial charge >= 0.3 is 0 Å². The Morgan fingerprint density at radius 2 is 2.27 bits per heavy atom. The van der Waals surface area contributed by atoms with E-state index in [2.05, 4.69) is 0 Å². The van der Waals surface area contributed by atoms with Gasteiger partial charge in [-0.3, -0.25) is 0 Å². The van der Waals surface area contributed by atoms with Gasteiger partial charge in [0.1, 0.15) is 6.29 Å². The largest absolute Gasteiger partial charge is 0.394 e. The second-order valence-corrected chi connectivity index (χ2v) is 3.14. The monoisotopic (exact) mass is 158 g/mol. The van der Waals surface area contributed by atoms with Crippen LogP contribution in [0.1, 0.15) is 19.3 Å². The smallest absolute Gasteiger partial charge is 0.123 e. The quantitative estimate of drug-likeness (QED) is 0.566. The molecule has 64 valence electrons. The molecule has 1 rings (SSSR count). The second-order valence-electron chi connectivity index (χ2n) is 3.14. The first kappa shape index (κ1) is 8.68. The van der Waals surface area contributed by atoms with Gasteiger partial charge in [-0.05, 0) is 18.8 Å². The van der Waals surface area contributed by atoms with Crippen LogP contribution in [0.25, 0.3) is 0 Å². The normalized spacial score (nSPS) is 33.6. The van der Waals surface area contributed by atoms with E-state index in [1.165, 1.54) is 0 Å². The third-order valence-corrected chi connectivity index (χ3v) is 2.48. The van der Waals surface area contributed by atoms with Gasteiger partial charge in [-0.15, -0.1) is 0 Å². The number of aliphatic hydroxyl groups is 2. The van der Waals surface area contributed by atoms with Gasteiger partial charge < -0.3 is 15.0 Å². The zero-order chi connectivity index (χ0) is 8.27. The summed E-state index contributed by atoms with van der Waals surface area (Å²) >= 11 is 0. The predicted molar refractivity (Wildman–Crippen MR) is 40.0 cm³/mol. The lowest BCUT2D eigenvalue weighted by Crippen LogP contribution is -2.27. The van der Waals surface area contributed by atoms with Crippen molar-refractivity contribution in [3.8, 4) is 0 Å². The Labute approximate surface area is 66.0 Å². The molecule has 0 aromatic heterocycles. The van der Waals surface area contributed by atoms with Crippen molar-refractivity contribution in [2.45, 2.75) is 25.4 Å². The van der Waals surface area contributed by atoms with Gasteiger partial charge in [0, 0.05) is 5.92 Å². The first-order valence-corrected chi connectivity index (χ1v) is 4.03. The number of hydrogen-bond donors (Lipinski definition) is 2. The average molecular weight is 158 g/mol. The van der Waals surface area contributed by atoms with Gasteiger partial charge in [0.2, 0.25) is 0 Å². The Hall–Kier alpha value is -0.410. The molecule has 2 N–H and O–H groups in total. The van der Waals surface area contributed by atoms with E-state index in [-0.39, 0.29) is 18.4 Å². The van der Waals surface area contributed by atoms with Crippen LogP contribution in [-0.4, -0.2) is 29.2 Å². The highest BCUT2D eigenvalue weighted by atomic mass is 16.3. The highest BCUT2D eigenvalue weighted by molar-refractivity contribution is 5.54. The fraction of sp³-hybridized carbons (Fsp3) is 0.875. The second kappa shape index (κ2) is 3.83. The third kappa shape index (κ3) is 1.79. The Balaban J connectivity index is 2.48. The summed E-state index contributed by atoms with van der Waals surface area (Å²) in [6.07, 6.45) is 2.92. The summed E-state index contributed by atoms with van der Waals surface area (Å²) in [6, 6.07) is 0. The Morgan fingerprint density at radius 1 is 1.55 bits per heavy atom. The molecule has 0 saturated heterocycles. The van der Waals surface area contributed by atoms with Gasteiger partial charge in [-0.25, -0.2) is 0 Å². The maximum atomic E-state index is 10.4. The molecule has 3 nitrogen and oxygen atoms in total. The maximum Gasteiger partial charge on any atom is 0.123 e. The highest BCUT2D eigenvalue weighted by Crippen LogP contribution is 2.32. The van der Waals surface area contributed by atoms with Crippen LogP contribution in [0.4, 0.5) is 0 Å². The fourth-order valence-electron chi connectivity index (χ4n) is 1.80. The number of hydrogen-bond acceptors (Lipinski definition) is 3. The molecule has 0 amide bonds. The van der Waals surface area contributed by atoms with Crippen molar-refractivity contribution in [1.82, 2.24) is 0 Å². The summed E-state index contributed by atoms with van der Waals surface area (Å²) in [5.74, 6) is -0.0327. The standard InChI is InChI=1S/C8H14O3/c9-4-6-2-1-3-7(6)8(11)5-10/h4,6-8,10-11H,1-3,5H2/t6-,7-,8?/m0/s1. The first-order valence-electron chi connectivity index (χ1n) is 4.03. The van der Waals surface area contributed by atoms with Crippen molar-refractivity contribution in [2.24, 2.45) is 11.8 Å². The van der Waals surface area contributed by atoms with E-state index >= 15 is 0 Å². The molecule has 0 aliphatic heterocycles. The molecule has 0 radical (unpaired) electrons. The van der Waals surface area contributed by atoms with Crippen LogP contribution in [-0.2, 0) is 4.79 Å². The lowest BCUT2D eigenvalue weighted by atomic mass is 9.92. The molecule has 0 aromatic carbocycles. The zero-order valence-corrected chi connectivity index (χ0v) is 6.44. The Kier molecular flexibility index (Phi) is 3.02. The van der Waals surface area contributed by atoms with Crippen molar-refractivity contribution >= 4 is 6.29 Å². The van der Waals surface area contributed by atoms with Crippen LogP contribution in [0.15, 0.2) is 0 Å². The van der Waals surface area contributed by atoms with Gasteiger partial charge in [-0.1, -0.05) is 6.42 Å². The van der Waals surface area contributed by atoms with Crippen molar-refractivity contribution in [3.63, 3.8) is 0 Å². The number of carbonyl (C=O) groups excluding carboxylic acids is 1. The molecule has 11 heavy (non-hydrogen) atoms. The number of aliphatic hydroxyl groups excluding tert-OH is 2. The zero-order valence-electron chi connectivity index (χ0n) is 6.44. The van der Waals surface area contributed by atoms with E-state index in [0.717, 1.165) is 25.5 Å². The molecule has 1 aliphatic carbocycles. The van der Waals surface area contributed by atoms with Crippen LogP contribution in [0, 0.1) is 11.8 Å². The van der Waals surface area contributed by atoms with Gasteiger partial charge in [0.25, 0.3) is 0 Å². The molecule has 3 atom stereocenters. The highest BCUT2D eigenvalue weighted by Gasteiger charge is 2.31. The molecule has 1 fully saturated rings. The predicted octanol–water partition coefficient (Wildman–Crippen LogP) is -0.0452. The molecule has 0 heterocycles. The molecule has 3 heteroatoms. The van der Waals surface area contributed by atoms with Crippen molar-refractivity contribution in [2.75, 3.05) is 6.61 Å². The minimum absolute atomic E-state index is 0.00231. The van der Waals surface area contributed by atoms with Crippen LogP contribution >= 0.6 is 0 Å². The number of aldehydes is 1. The summed E-state index contributed by atoms with van der Waals surface area (Å²) in [5.41, 5.74) is 0. The summed E-state index contributed by atoms with van der Waals surface area (Å²) in [6.45, 7) is -0.227. The molecule has 0 aromatic rings. The Bertz CT molecular complexity index is 135. The lowest BCUT2D eigenvalue weighted by molar-refractivity contribution is -0.113. The topological polar surface area (TPSA) is 57.5 Å². The molecular formula is C8H14O3. The fourth-order valence-corrected chi connectivity index (χ4v) is 1.80. The van der Waals surface area contributed by atoms with Gasteiger partial charge in [0.05, 0.1) is 12.7 Å². The SMILES string of the molecule is O=C[C@@H]1CCC[C@@H]1C(O)CO. The van der Waals surface area contributed by atoms with Crippen LogP contribution in [0.2, 0.25) is 0 Å². The van der Waals surface area contributed by atoms with Crippen LogP contribution in [0.3, 0.4) is 0 Å². The first-order chi connectivity index (χ1) is 5.29. The molecule has 1 saturated carbocycles. The summed E-state index contributed by atoms with van der Waals surface area (Å²) in [5, 5.41) is 17.9. The van der Waals surface area contributed by atoms with Crippen molar-refractivity contribution in [1.29, 1.82) is 0 Å². The molecule has 0 bridgehead atoms.